The van der Waals surface area contributed by atoms with Crippen LogP contribution in [-0.4, -0.2) is 76.1 Å². The van der Waals surface area contributed by atoms with Crippen molar-refractivity contribution in [1.82, 2.24) is 30.5 Å². The Bertz CT molecular complexity index is 1400. The van der Waals surface area contributed by atoms with Gasteiger partial charge in [0.05, 0.1) is 27.3 Å². The van der Waals surface area contributed by atoms with Gasteiger partial charge >= 0.3 is 6.18 Å². The fraction of sp³-hybridized carbons (Fsp3) is 0.444. The van der Waals surface area contributed by atoms with E-state index in [4.69, 9.17) is 11.6 Å². The van der Waals surface area contributed by atoms with Gasteiger partial charge in [0.25, 0.3) is 17.7 Å². The Morgan fingerprint density at radius 1 is 1.05 bits per heavy atom. The Morgan fingerprint density at radius 2 is 1.81 bits per heavy atom. The van der Waals surface area contributed by atoms with E-state index in [2.05, 4.69) is 15.6 Å². The number of nitrogens with zero attached hydrogens (tertiary/aromatic N) is 4. The van der Waals surface area contributed by atoms with Gasteiger partial charge in [-0.3, -0.25) is 18.8 Å². The van der Waals surface area contributed by atoms with Crippen LogP contribution in [0.25, 0.3) is 5.69 Å². The van der Waals surface area contributed by atoms with Crippen molar-refractivity contribution in [3.8, 4) is 5.69 Å². The number of halogens is 5. The van der Waals surface area contributed by atoms with Gasteiger partial charge in [0, 0.05) is 24.7 Å². The molecule has 3 amide bonds. The first-order chi connectivity index (χ1) is 20.1. The average molecular weight is 629 g/mol. The van der Waals surface area contributed by atoms with Crippen LogP contribution in [0.3, 0.4) is 0 Å². The minimum atomic E-state index is -4.53. The van der Waals surface area contributed by atoms with Crippen LogP contribution in [0.1, 0.15) is 68.3 Å². The van der Waals surface area contributed by atoms with E-state index < -0.39 is 25.3 Å². The summed E-state index contributed by atoms with van der Waals surface area (Å²) in [4.78, 5) is 40.4. The summed E-state index contributed by atoms with van der Waals surface area (Å²) in [5.41, 5.74) is 1.09. The van der Waals surface area contributed by atoms with Gasteiger partial charge in [-0.2, -0.15) is 13.2 Å². The fourth-order valence-electron chi connectivity index (χ4n) is 4.62. The molecule has 15 heteroatoms. The molecular weight excluding hydrogens is 600 g/mol. The molecule has 1 fully saturated rings. The Kier molecular flexibility index (Phi) is 10.5. The predicted molar refractivity (Wildman–Crippen MR) is 149 cm³/mol. The SMILES string of the molecule is O=C(NCC(F)(F)F)c1ccc(-n2nnc(C(=O)N3CCCC(NC(=O)c4ccc(Cl)s4)C3)c2CCCCCF)cc1. The van der Waals surface area contributed by atoms with Crippen molar-refractivity contribution in [3.63, 3.8) is 0 Å². The van der Waals surface area contributed by atoms with Crippen molar-refractivity contribution in [2.45, 2.75) is 50.7 Å². The topological polar surface area (TPSA) is 109 Å². The van der Waals surface area contributed by atoms with Crippen LogP contribution in [-0.2, 0) is 6.42 Å². The molecule has 9 nitrogen and oxygen atoms in total. The van der Waals surface area contributed by atoms with Gasteiger partial charge in [0.2, 0.25) is 0 Å². The maximum atomic E-state index is 13.6. The van der Waals surface area contributed by atoms with E-state index in [1.165, 1.54) is 40.3 Å². The van der Waals surface area contributed by atoms with E-state index in [0.29, 0.717) is 65.7 Å². The van der Waals surface area contributed by atoms with Gasteiger partial charge in [-0.15, -0.1) is 16.4 Å². The van der Waals surface area contributed by atoms with Crippen LogP contribution < -0.4 is 10.6 Å². The Balaban J connectivity index is 1.50. The molecular formula is C27H29ClF4N6O3S. The largest absolute Gasteiger partial charge is 0.405 e. The van der Waals surface area contributed by atoms with E-state index in [1.54, 1.807) is 17.0 Å². The number of likely N-dealkylation sites (tertiary alicyclic amines) is 1. The smallest absolute Gasteiger partial charge is 0.347 e. The number of unbranched alkanes of at least 4 members (excludes halogenated alkanes) is 2. The highest BCUT2D eigenvalue weighted by Crippen LogP contribution is 2.23. The minimum Gasteiger partial charge on any atom is -0.347 e. The maximum absolute atomic E-state index is 13.6. The summed E-state index contributed by atoms with van der Waals surface area (Å²) in [6, 6.07) is 8.73. The van der Waals surface area contributed by atoms with Crippen molar-refractivity contribution >= 4 is 40.7 Å². The molecule has 1 aliphatic heterocycles. The van der Waals surface area contributed by atoms with E-state index in [1.807, 2.05) is 5.32 Å². The number of benzene rings is 1. The Labute approximate surface area is 248 Å². The summed E-state index contributed by atoms with van der Waals surface area (Å²) >= 11 is 7.11. The number of aromatic nitrogens is 3. The van der Waals surface area contributed by atoms with E-state index in [-0.39, 0.29) is 35.7 Å². The summed E-state index contributed by atoms with van der Waals surface area (Å²) in [5, 5.41) is 13.1. The summed E-state index contributed by atoms with van der Waals surface area (Å²) in [6.07, 6.45) is -1.28. The second-order valence-corrected chi connectivity index (χ2v) is 11.5. The van der Waals surface area contributed by atoms with Crippen LogP contribution in [0.4, 0.5) is 17.6 Å². The maximum Gasteiger partial charge on any atom is 0.405 e. The van der Waals surface area contributed by atoms with Crippen molar-refractivity contribution < 1.29 is 31.9 Å². The number of carbonyl (C=O) groups excluding carboxylic acids is 3. The second kappa shape index (κ2) is 14.1. The molecule has 0 bridgehead atoms. The summed E-state index contributed by atoms with van der Waals surface area (Å²) in [5.74, 6) is -1.50. The number of rotatable bonds is 11. The second-order valence-electron chi connectivity index (χ2n) is 9.81. The number of carbonyl (C=O) groups is 3. The quantitative estimate of drug-likeness (QED) is 0.230. The van der Waals surface area contributed by atoms with Crippen molar-refractivity contribution in [3.05, 3.63) is 62.6 Å². The summed E-state index contributed by atoms with van der Waals surface area (Å²) < 4.78 is 52.0. The van der Waals surface area contributed by atoms with E-state index >= 15 is 0 Å². The van der Waals surface area contributed by atoms with Gasteiger partial charge in [-0.05, 0) is 68.5 Å². The molecule has 42 heavy (non-hydrogen) atoms. The van der Waals surface area contributed by atoms with Crippen LogP contribution in [0.15, 0.2) is 36.4 Å². The molecule has 1 unspecified atom stereocenters. The molecule has 1 atom stereocenters. The normalized spacial score (nSPS) is 15.5. The first-order valence-electron chi connectivity index (χ1n) is 13.4. The lowest BCUT2D eigenvalue weighted by Gasteiger charge is -2.32. The number of piperidine rings is 1. The third kappa shape index (κ3) is 8.28. The van der Waals surface area contributed by atoms with Gasteiger partial charge < -0.3 is 15.5 Å². The third-order valence-electron chi connectivity index (χ3n) is 6.68. The molecule has 0 spiro atoms. The number of amides is 3. The molecule has 226 valence electrons. The highest BCUT2D eigenvalue weighted by Gasteiger charge is 2.31. The molecule has 0 saturated carbocycles. The van der Waals surface area contributed by atoms with Crippen molar-refractivity contribution in [2.24, 2.45) is 0 Å². The molecule has 1 aliphatic rings. The molecule has 3 heterocycles. The zero-order chi connectivity index (χ0) is 30.3. The number of hydrogen-bond donors (Lipinski definition) is 2. The lowest BCUT2D eigenvalue weighted by molar-refractivity contribution is -0.123. The standard InChI is InChI=1S/C27H29ClF4N6O3S/c28-22-12-11-21(42-22)25(40)34-18-5-4-14-37(15-18)26(41)23-20(6-2-1-3-13-29)38(36-35-23)19-9-7-17(8-10-19)24(39)33-16-27(30,31)32/h7-12,18H,1-6,13-16H2,(H,33,39)(H,34,40). The fourth-order valence-corrected chi connectivity index (χ4v) is 5.57. The average Bonchev–Trinajstić information content (AvgIpc) is 3.60. The molecule has 2 aromatic heterocycles. The van der Waals surface area contributed by atoms with Crippen molar-refractivity contribution in [2.75, 3.05) is 26.3 Å². The first-order valence-corrected chi connectivity index (χ1v) is 14.6. The first kappa shape index (κ1) is 31.4. The highest BCUT2D eigenvalue weighted by molar-refractivity contribution is 7.18. The van der Waals surface area contributed by atoms with E-state index in [9.17, 15) is 31.9 Å². The van der Waals surface area contributed by atoms with Gasteiger partial charge in [0.1, 0.15) is 6.54 Å². The summed E-state index contributed by atoms with van der Waals surface area (Å²) in [6.45, 7) is -1.17. The monoisotopic (exact) mass is 628 g/mol. The molecule has 0 aliphatic carbocycles. The number of hydrogen-bond acceptors (Lipinski definition) is 6. The number of nitrogens with one attached hydrogen (secondary N) is 2. The molecule has 4 rings (SSSR count). The highest BCUT2D eigenvalue weighted by atomic mass is 35.5. The molecule has 1 aromatic carbocycles. The number of thiophene rings is 1. The van der Waals surface area contributed by atoms with Crippen LogP contribution >= 0.6 is 22.9 Å². The van der Waals surface area contributed by atoms with Gasteiger partial charge in [-0.1, -0.05) is 23.2 Å². The Morgan fingerprint density at radius 3 is 2.48 bits per heavy atom. The van der Waals surface area contributed by atoms with Gasteiger partial charge in [-0.25, -0.2) is 4.68 Å². The molecule has 2 N–H and O–H groups in total. The third-order valence-corrected chi connectivity index (χ3v) is 7.91. The predicted octanol–water partition coefficient (Wildman–Crippen LogP) is 4.99. The van der Waals surface area contributed by atoms with E-state index in [0.717, 1.165) is 0 Å². The van der Waals surface area contributed by atoms with Crippen LogP contribution in [0, 0.1) is 0 Å². The van der Waals surface area contributed by atoms with Crippen LogP contribution in [0.5, 0.6) is 0 Å². The van der Waals surface area contributed by atoms with Crippen LogP contribution in [0.2, 0.25) is 4.34 Å². The van der Waals surface area contributed by atoms with Gasteiger partial charge in [0.15, 0.2) is 5.69 Å². The lowest BCUT2D eigenvalue weighted by atomic mass is 10.0. The van der Waals surface area contributed by atoms with Crippen molar-refractivity contribution in [1.29, 1.82) is 0 Å². The zero-order valence-corrected chi connectivity index (χ0v) is 24.0. The zero-order valence-electron chi connectivity index (χ0n) is 22.4. The lowest BCUT2D eigenvalue weighted by Crippen LogP contribution is -2.49. The Hall–Kier alpha value is -3.52. The molecule has 0 radical (unpaired) electrons. The molecule has 3 aromatic rings. The number of alkyl halides is 4. The minimum absolute atomic E-state index is 0.0233. The summed E-state index contributed by atoms with van der Waals surface area (Å²) in [7, 11) is 0. The molecule has 1 saturated heterocycles.